The van der Waals surface area contributed by atoms with Crippen LogP contribution in [0, 0.1) is 17.8 Å². The first-order valence-electron chi connectivity index (χ1n) is 16.5. The molecule has 0 aromatic heterocycles. The van der Waals surface area contributed by atoms with Crippen molar-refractivity contribution in [2.24, 2.45) is 17.8 Å². The zero-order valence-electron chi connectivity index (χ0n) is 27.1. The number of aryl methyl sites for hydroxylation is 1. The number of ether oxygens (including phenoxy) is 2. The molecular weight excluding hydrogens is 608 g/mol. The third-order valence-corrected chi connectivity index (χ3v) is 12.1. The van der Waals surface area contributed by atoms with Gasteiger partial charge in [0.2, 0.25) is 0 Å². The van der Waals surface area contributed by atoms with Crippen molar-refractivity contribution in [2.75, 3.05) is 38.3 Å². The van der Waals surface area contributed by atoms with Gasteiger partial charge in [-0.25, -0.2) is 4.21 Å². The molecule has 9 heteroatoms. The number of rotatable bonds is 7. The summed E-state index contributed by atoms with van der Waals surface area (Å²) in [5.74, 6) is 1.23. The number of carbonyl (C=O) groups excluding carboxylic acids is 1. The van der Waals surface area contributed by atoms with Crippen LogP contribution in [-0.4, -0.2) is 59.5 Å². The largest absolute Gasteiger partial charge is 0.491 e. The Hall–Kier alpha value is -2.39. The Balaban J connectivity index is 1.57. The van der Waals surface area contributed by atoms with Crippen LogP contribution in [0.5, 0.6) is 5.75 Å². The number of hydrogen-bond donors (Lipinski definition) is 2. The number of allylic oxidation sites excluding steroid dienone is 1. The summed E-state index contributed by atoms with van der Waals surface area (Å²) in [7, 11) is 0.240. The lowest BCUT2D eigenvalue weighted by Crippen LogP contribution is -2.51. The summed E-state index contributed by atoms with van der Waals surface area (Å²) in [4.78, 5) is 15.8. The maximum atomic E-state index is 13.4. The molecule has 0 radical (unpaired) electrons. The molecule has 0 saturated heterocycles. The molecule has 2 aliphatic heterocycles. The first-order chi connectivity index (χ1) is 21.7. The van der Waals surface area contributed by atoms with Crippen molar-refractivity contribution < 1.29 is 23.6 Å². The Kier molecular flexibility index (Phi) is 11.3. The summed E-state index contributed by atoms with van der Waals surface area (Å²) < 4.78 is 28.9. The van der Waals surface area contributed by atoms with E-state index >= 15 is 0 Å². The first kappa shape index (κ1) is 34.0. The number of aliphatic hydroxyl groups excluding tert-OH is 1. The minimum absolute atomic E-state index is 0.0817. The minimum Gasteiger partial charge on any atom is -0.491 e. The number of nitrogens with zero attached hydrogens (tertiary/aromatic N) is 1. The highest BCUT2D eigenvalue weighted by Crippen LogP contribution is 2.48. The number of methoxy groups -OCH3 is 1. The van der Waals surface area contributed by atoms with Crippen LogP contribution in [0.25, 0.3) is 0 Å². The lowest BCUT2D eigenvalue weighted by Gasteiger charge is -2.50. The minimum atomic E-state index is -1.55. The van der Waals surface area contributed by atoms with Crippen molar-refractivity contribution in [1.29, 1.82) is 0 Å². The molecule has 7 atom stereocenters. The van der Waals surface area contributed by atoms with Crippen LogP contribution in [0.15, 0.2) is 48.6 Å². The van der Waals surface area contributed by atoms with E-state index in [0.29, 0.717) is 24.5 Å². The van der Waals surface area contributed by atoms with Crippen LogP contribution in [-0.2, 0) is 22.1 Å². The number of halogens is 1. The zero-order chi connectivity index (χ0) is 32.1. The zero-order valence-corrected chi connectivity index (χ0v) is 28.7. The molecule has 2 aromatic carbocycles. The van der Waals surface area contributed by atoms with Crippen molar-refractivity contribution in [1.82, 2.24) is 4.72 Å². The molecule has 1 amide bonds. The van der Waals surface area contributed by atoms with E-state index in [1.807, 2.05) is 25.1 Å². The standard InChI is InChI=1S/C36H49ClN2O5S/c1-5-8-26-19-30(37)12-13-31(26)29-22-39-21-28-10-14-32(28)36(43-4,17-7-18-40)16-6-9-24(2)25(3)45(42)38-35(41)27-11-15-34(44-23-29)33(39)20-27/h6,11-13,15-16,19-20,24-25,28-29,32,40H,5,7-10,14,17-18,21-23H2,1-4H3,(H,38,41)/b16-6+/t24?,25?,28?,29?,32?,36-,45?/m1/s1. The second kappa shape index (κ2) is 15.0. The van der Waals surface area contributed by atoms with Gasteiger partial charge in [0.05, 0.1) is 23.1 Å². The fourth-order valence-electron chi connectivity index (χ4n) is 7.37. The molecule has 5 rings (SSSR count). The van der Waals surface area contributed by atoms with Crippen molar-refractivity contribution in [2.45, 2.75) is 82.5 Å². The summed E-state index contributed by atoms with van der Waals surface area (Å²) in [6, 6.07) is 11.8. The Labute approximate surface area is 276 Å². The van der Waals surface area contributed by atoms with Crippen LogP contribution < -0.4 is 14.4 Å². The Morgan fingerprint density at radius 3 is 2.71 bits per heavy atom. The van der Waals surface area contributed by atoms with Gasteiger partial charge in [-0.05, 0) is 105 Å². The third-order valence-electron chi connectivity index (χ3n) is 10.4. The molecule has 1 fully saturated rings. The number of amides is 1. The van der Waals surface area contributed by atoms with Crippen LogP contribution in [0.4, 0.5) is 5.69 Å². The maximum absolute atomic E-state index is 13.4. The molecule has 3 aliphatic rings. The average molecular weight is 657 g/mol. The predicted molar refractivity (Wildman–Crippen MR) is 183 cm³/mol. The quantitative estimate of drug-likeness (QED) is 0.318. The van der Waals surface area contributed by atoms with Gasteiger partial charge in [-0.15, -0.1) is 0 Å². The summed E-state index contributed by atoms with van der Waals surface area (Å²) in [5, 5.41) is 10.3. The Morgan fingerprint density at radius 2 is 2.00 bits per heavy atom. The highest BCUT2D eigenvalue weighted by Gasteiger charge is 2.47. The van der Waals surface area contributed by atoms with E-state index in [1.54, 1.807) is 13.2 Å². The smallest absolute Gasteiger partial charge is 0.263 e. The van der Waals surface area contributed by atoms with Gasteiger partial charge in [-0.3, -0.25) is 9.52 Å². The van der Waals surface area contributed by atoms with Gasteiger partial charge >= 0.3 is 0 Å². The summed E-state index contributed by atoms with van der Waals surface area (Å²) >= 11 is 6.44. The van der Waals surface area contributed by atoms with Gasteiger partial charge in [0.25, 0.3) is 5.91 Å². The molecule has 45 heavy (non-hydrogen) atoms. The fraction of sp³-hybridized carbons (Fsp3) is 0.583. The van der Waals surface area contributed by atoms with E-state index in [2.05, 4.69) is 47.8 Å². The third kappa shape index (κ3) is 7.45. The number of benzene rings is 2. The number of carbonyl (C=O) groups is 1. The second-order valence-electron chi connectivity index (χ2n) is 13.2. The maximum Gasteiger partial charge on any atom is 0.263 e. The molecule has 1 saturated carbocycles. The average Bonchev–Trinajstić information content (AvgIpc) is 3.20. The Bertz CT molecular complexity index is 1400. The van der Waals surface area contributed by atoms with E-state index in [-0.39, 0.29) is 35.5 Å². The normalized spacial score (nSPS) is 31.2. The molecule has 2 bridgehead atoms. The van der Waals surface area contributed by atoms with Crippen LogP contribution in [0.1, 0.15) is 86.7 Å². The van der Waals surface area contributed by atoms with Gasteiger partial charge in [-0.2, -0.15) is 0 Å². The molecule has 246 valence electrons. The van der Waals surface area contributed by atoms with E-state index in [0.717, 1.165) is 68.1 Å². The predicted octanol–water partition coefficient (Wildman–Crippen LogP) is 6.84. The summed E-state index contributed by atoms with van der Waals surface area (Å²) in [6.07, 6.45) is 10.6. The van der Waals surface area contributed by atoms with Crippen molar-refractivity contribution >= 4 is 34.2 Å². The van der Waals surface area contributed by atoms with Gasteiger partial charge in [0.15, 0.2) is 0 Å². The first-order valence-corrected chi connectivity index (χ1v) is 18.1. The molecule has 6 unspecified atom stereocenters. The lowest BCUT2D eigenvalue weighted by atomic mass is 9.63. The van der Waals surface area contributed by atoms with Gasteiger partial charge < -0.3 is 19.5 Å². The summed E-state index contributed by atoms with van der Waals surface area (Å²) in [6.45, 7) is 8.32. The number of fused-ring (bicyclic) bond motifs is 2. The van der Waals surface area contributed by atoms with E-state index in [1.165, 1.54) is 11.1 Å². The molecule has 2 N–H and O–H groups in total. The van der Waals surface area contributed by atoms with Crippen LogP contribution in [0.3, 0.4) is 0 Å². The van der Waals surface area contributed by atoms with Crippen molar-refractivity contribution in [3.05, 3.63) is 70.3 Å². The van der Waals surface area contributed by atoms with Crippen molar-refractivity contribution in [3.63, 3.8) is 0 Å². The molecular formula is C36H49ClN2O5S. The fourth-order valence-corrected chi connectivity index (χ4v) is 8.58. The lowest BCUT2D eigenvalue weighted by molar-refractivity contribution is -0.0823. The Morgan fingerprint density at radius 1 is 1.18 bits per heavy atom. The van der Waals surface area contributed by atoms with Crippen LogP contribution >= 0.6 is 11.6 Å². The van der Waals surface area contributed by atoms with E-state index in [4.69, 9.17) is 21.1 Å². The van der Waals surface area contributed by atoms with E-state index in [9.17, 15) is 14.1 Å². The van der Waals surface area contributed by atoms with Crippen molar-refractivity contribution in [3.8, 4) is 5.75 Å². The monoisotopic (exact) mass is 656 g/mol. The molecule has 1 aliphatic carbocycles. The molecule has 2 heterocycles. The van der Waals surface area contributed by atoms with Gasteiger partial charge in [0, 0.05) is 43.3 Å². The number of anilines is 1. The SMILES string of the molecule is CCCc1cc(Cl)ccc1C1COc2ccc3cc2N(C1)CC1CCC1[C@@](CCCO)(OC)/C=C/CC(C)C(C)S(=O)NC3=O. The second-order valence-corrected chi connectivity index (χ2v) is 15.1. The van der Waals surface area contributed by atoms with Gasteiger partial charge in [0.1, 0.15) is 16.7 Å². The highest BCUT2D eigenvalue weighted by atomic mass is 35.5. The van der Waals surface area contributed by atoms with Crippen LogP contribution in [0.2, 0.25) is 5.02 Å². The topological polar surface area (TPSA) is 88.1 Å². The molecule has 2 aromatic rings. The summed E-state index contributed by atoms with van der Waals surface area (Å²) in [5.41, 5.74) is 3.36. The van der Waals surface area contributed by atoms with Gasteiger partial charge in [-0.1, -0.05) is 50.1 Å². The highest BCUT2D eigenvalue weighted by molar-refractivity contribution is 7.84. The van der Waals surface area contributed by atoms with E-state index < -0.39 is 16.6 Å². The number of aliphatic hydroxyl groups is 1. The number of hydrogen-bond acceptors (Lipinski definition) is 6. The number of nitrogens with one attached hydrogen (secondary N) is 1. The molecule has 0 spiro atoms. The molecule has 7 nitrogen and oxygen atoms in total.